The van der Waals surface area contributed by atoms with Crippen LogP contribution in [0, 0.1) is 5.92 Å². The molecular formula is C20H28ClNO4. The van der Waals surface area contributed by atoms with Crippen molar-refractivity contribution in [2.24, 2.45) is 5.92 Å². The molecule has 5 nitrogen and oxygen atoms in total. The van der Waals surface area contributed by atoms with E-state index < -0.39 is 0 Å². The average molecular weight is 382 g/mol. The number of nitrogens with zero attached hydrogens (tertiary/aromatic N) is 1. The van der Waals surface area contributed by atoms with Crippen LogP contribution in [0.15, 0.2) is 18.2 Å². The monoisotopic (exact) mass is 381 g/mol. The molecule has 1 amide bonds. The minimum atomic E-state index is -0.321. The largest absolute Gasteiger partial charge is 0.495 e. The maximum atomic E-state index is 12.8. The second kappa shape index (κ2) is 7.75. The van der Waals surface area contributed by atoms with Gasteiger partial charge in [-0.05, 0) is 43.4 Å². The van der Waals surface area contributed by atoms with Gasteiger partial charge in [0.25, 0.3) is 5.91 Å². The predicted molar refractivity (Wildman–Crippen MR) is 101 cm³/mol. The summed E-state index contributed by atoms with van der Waals surface area (Å²) in [6.45, 7) is 5.50. The van der Waals surface area contributed by atoms with Gasteiger partial charge in [-0.3, -0.25) is 4.79 Å². The summed E-state index contributed by atoms with van der Waals surface area (Å²) < 4.78 is 11.5. The summed E-state index contributed by atoms with van der Waals surface area (Å²) in [5, 5.41) is 10.7. The van der Waals surface area contributed by atoms with Crippen LogP contribution in [0.2, 0.25) is 5.02 Å². The van der Waals surface area contributed by atoms with Crippen molar-refractivity contribution in [1.29, 1.82) is 0 Å². The van der Waals surface area contributed by atoms with Gasteiger partial charge in [-0.25, -0.2) is 0 Å². The number of hydrogen-bond donors (Lipinski definition) is 1. The number of ether oxygens (including phenoxy) is 2. The van der Waals surface area contributed by atoms with Gasteiger partial charge in [-0.1, -0.05) is 25.4 Å². The molecule has 0 saturated carbocycles. The second-order valence-electron chi connectivity index (χ2n) is 7.82. The van der Waals surface area contributed by atoms with Gasteiger partial charge in [0, 0.05) is 25.1 Å². The molecule has 144 valence electrons. The molecule has 0 aromatic heterocycles. The molecule has 1 N–H and O–H groups in total. The highest BCUT2D eigenvalue weighted by Crippen LogP contribution is 2.39. The van der Waals surface area contributed by atoms with Gasteiger partial charge in [0.1, 0.15) is 5.75 Å². The fraction of sp³-hybridized carbons (Fsp3) is 0.650. The molecule has 0 unspecified atom stereocenters. The van der Waals surface area contributed by atoms with Gasteiger partial charge in [0.05, 0.1) is 29.9 Å². The first-order valence-electron chi connectivity index (χ1n) is 9.32. The van der Waals surface area contributed by atoms with Gasteiger partial charge in [-0.15, -0.1) is 0 Å². The van der Waals surface area contributed by atoms with Crippen molar-refractivity contribution in [3.8, 4) is 5.75 Å². The third-order valence-corrected chi connectivity index (χ3v) is 5.91. The highest BCUT2D eigenvalue weighted by atomic mass is 35.5. The van der Waals surface area contributed by atoms with Crippen LogP contribution in [0.3, 0.4) is 0 Å². The molecule has 0 aliphatic carbocycles. The van der Waals surface area contributed by atoms with E-state index in [-0.39, 0.29) is 23.7 Å². The molecular weight excluding hydrogens is 354 g/mol. The SMILES string of the molecule is COc1ccc(C(=O)N2CCC3(CC2)C[C@H](O)C[C@H](C(C)C)O3)cc1Cl. The van der Waals surface area contributed by atoms with Gasteiger partial charge in [0.2, 0.25) is 0 Å². The number of halogens is 1. The molecule has 0 radical (unpaired) electrons. The number of rotatable bonds is 3. The van der Waals surface area contributed by atoms with E-state index in [9.17, 15) is 9.90 Å². The molecule has 1 spiro atoms. The van der Waals surface area contributed by atoms with Crippen molar-refractivity contribution in [1.82, 2.24) is 4.90 Å². The first kappa shape index (κ1) is 19.5. The van der Waals surface area contributed by atoms with E-state index in [0.717, 1.165) is 12.8 Å². The zero-order valence-corrected chi connectivity index (χ0v) is 16.5. The minimum absolute atomic E-state index is 0.0267. The zero-order valence-electron chi connectivity index (χ0n) is 15.7. The van der Waals surface area contributed by atoms with Gasteiger partial charge in [0.15, 0.2) is 0 Å². The Balaban J connectivity index is 1.66. The lowest BCUT2D eigenvalue weighted by atomic mass is 9.80. The Kier molecular flexibility index (Phi) is 5.80. The molecule has 2 heterocycles. The number of carbonyl (C=O) groups excluding carboxylic acids is 1. The van der Waals surface area contributed by atoms with Crippen molar-refractivity contribution < 1.29 is 19.4 Å². The van der Waals surface area contributed by atoms with Gasteiger partial charge < -0.3 is 19.5 Å². The van der Waals surface area contributed by atoms with E-state index >= 15 is 0 Å². The van der Waals surface area contributed by atoms with Crippen LogP contribution < -0.4 is 4.74 Å². The van der Waals surface area contributed by atoms with Crippen LogP contribution in [0.1, 0.15) is 49.9 Å². The summed E-state index contributed by atoms with van der Waals surface area (Å²) in [4.78, 5) is 14.6. The highest BCUT2D eigenvalue weighted by Gasteiger charge is 2.44. The standard InChI is InChI=1S/C20H28ClNO4/c1-13(2)18-11-15(23)12-20(26-18)6-8-22(9-7-20)19(24)14-4-5-17(25-3)16(21)10-14/h4-5,10,13,15,18,23H,6-9,11-12H2,1-3H3/t15-,18-/m1/s1. The number of piperidine rings is 1. The summed E-state index contributed by atoms with van der Waals surface area (Å²) >= 11 is 6.15. The number of hydrogen-bond acceptors (Lipinski definition) is 4. The molecule has 2 atom stereocenters. The van der Waals surface area contributed by atoms with Gasteiger partial charge >= 0.3 is 0 Å². The number of likely N-dealkylation sites (tertiary alicyclic amines) is 1. The fourth-order valence-electron chi connectivity index (χ4n) is 4.03. The van der Waals surface area contributed by atoms with Crippen molar-refractivity contribution >= 4 is 17.5 Å². The van der Waals surface area contributed by atoms with Crippen molar-refractivity contribution in [3.05, 3.63) is 28.8 Å². The van der Waals surface area contributed by atoms with Crippen LogP contribution in [0.25, 0.3) is 0 Å². The van der Waals surface area contributed by atoms with Crippen LogP contribution in [-0.4, -0.2) is 53.9 Å². The Morgan fingerprint density at radius 1 is 1.38 bits per heavy atom. The number of amides is 1. The smallest absolute Gasteiger partial charge is 0.253 e. The van der Waals surface area contributed by atoms with E-state index in [1.807, 2.05) is 4.90 Å². The lowest BCUT2D eigenvalue weighted by molar-refractivity contribution is -0.190. The molecule has 6 heteroatoms. The number of carbonyl (C=O) groups is 1. The van der Waals surface area contributed by atoms with E-state index in [1.54, 1.807) is 25.3 Å². The quantitative estimate of drug-likeness (QED) is 0.870. The number of aliphatic hydroxyl groups excluding tert-OH is 1. The summed E-state index contributed by atoms with van der Waals surface area (Å²) in [5.74, 6) is 0.911. The third-order valence-electron chi connectivity index (χ3n) is 5.62. The van der Waals surface area contributed by atoms with E-state index in [1.165, 1.54) is 0 Å². The Hall–Kier alpha value is -1.30. The molecule has 3 rings (SSSR count). The minimum Gasteiger partial charge on any atom is -0.495 e. The van der Waals surface area contributed by atoms with E-state index in [2.05, 4.69) is 13.8 Å². The van der Waals surface area contributed by atoms with Gasteiger partial charge in [-0.2, -0.15) is 0 Å². The normalized spacial score (nSPS) is 25.5. The molecule has 2 aliphatic heterocycles. The Morgan fingerprint density at radius 3 is 2.65 bits per heavy atom. The van der Waals surface area contributed by atoms with Crippen molar-refractivity contribution in [2.75, 3.05) is 20.2 Å². The molecule has 1 aromatic carbocycles. The first-order valence-corrected chi connectivity index (χ1v) is 9.70. The topological polar surface area (TPSA) is 59.0 Å². The number of benzene rings is 1. The molecule has 1 aromatic rings. The average Bonchev–Trinajstić information content (AvgIpc) is 2.61. The lowest BCUT2D eigenvalue weighted by Gasteiger charge is -2.48. The van der Waals surface area contributed by atoms with Crippen molar-refractivity contribution in [2.45, 2.75) is 57.3 Å². The number of aliphatic hydroxyl groups is 1. The van der Waals surface area contributed by atoms with Crippen LogP contribution in [0.5, 0.6) is 5.75 Å². The number of methoxy groups -OCH3 is 1. The van der Waals surface area contributed by atoms with Crippen molar-refractivity contribution in [3.63, 3.8) is 0 Å². The van der Waals surface area contributed by atoms with Crippen LogP contribution >= 0.6 is 11.6 Å². The maximum Gasteiger partial charge on any atom is 0.253 e. The molecule has 26 heavy (non-hydrogen) atoms. The Labute approximate surface area is 160 Å². The lowest BCUT2D eigenvalue weighted by Crippen LogP contribution is -2.54. The second-order valence-corrected chi connectivity index (χ2v) is 8.23. The third kappa shape index (κ3) is 4.00. The Bertz CT molecular complexity index is 655. The highest BCUT2D eigenvalue weighted by molar-refractivity contribution is 6.32. The van der Waals surface area contributed by atoms with E-state index in [4.69, 9.17) is 21.1 Å². The fourth-order valence-corrected chi connectivity index (χ4v) is 4.29. The summed E-state index contributed by atoms with van der Waals surface area (Å²) in [6.07, 6.45) is 2.63. The predicted octanol–water partition coefficient (Wildman–Crippen LogP) is 3.52. The summed E-state index contributed by atoms with van der Waals surface area (Å²) in [5.41, 5.74) is 0.261. The van der Waals surface area contributed by atoms with E-state index in [0.29, 0.717) is 48.2 Å². The Morgan fingerprint density at radius 2 is 2.08 bits per heavy atom. The molecule has 0 bridgehead atoms. The zero-order chi connectivity index (χ0) is 18.9. The van der Waals surface area contributed by atoms with Crippen LogP contribution in [-0.2, 0) is 4.74 Å². The summed E-state index contributed by atoms with van der Waals surface area (Å²) in [6, 6.07) is 5.12. The summed E-state index contributed by atoms with van der Waals surface area (Å²) in [7, 11) is 1.55. The molecule has 2 aliphatic rings. The van der Waals surface area contributed by atoms with Crippen LogP contribution in [0.4, 0.5) is 0 Å². The maximum absolute atomic E-state index is 12.8. The molecule has 2 saturated heterocycles. The first-order chi connectivity index (χ1) is 12.3. The molecule has 2 fully saturated rings.